The van der Waals surface area contributed by atoms with Crippen LogP contribution in [0.2, 0.25) is 0 Å². The first-order chi connectivity index (χ1) is 10.7. The third-order valence-corrected chi connectivity index (χ3v) is 3.75. The molecule has 0 spiro atoms. The molecule has 1 aliphatic rings. The molecule has 2 atom stereocenters. The maximum atomic E-state index is 10.0. The number of aliphatic hydroxyl groups excluding tert-OH is 1. The van der Waals surface area contributed by atoms with E-state index in [9.17, 15) is 5.11 Å². The Labute approximate surface area is 132 Å². The molecule has 1 aromatic rings. The van der Waals surface area contributed by atoms with E-state index >= 15 is 0 Å². The normalized spacial score (nSPS) is 19.5. The van der Waals surface area contributed by atoms with Gasteiger partial charge in [0.25, 0.3) is 0 Å². The average molecular weight is 309 g/mol. The number of nitrogens with zero attached hydrogens (tertiary/aromatic N) is 1. The number of benzene rings is 1. The summed E-state index contributed by atoms with van der Waals surface area (Å²) in [5, 5.41) is 10.0. The van der Waals surface area contributed by atoms with Crippen molar-refractivity contribution in [3.05, 3.63) is 29.8 Å². The van der Waals surface area contributed by atoms with Gasteiger partial charge in [-0.25, -0.2) is 0 Å². The van der Waals surface area contributed by atoms with Gasteiger partial charge in [0.2, 0.25) is 0 Å². The number of aliphatic hydroxyl groups is 1. The van der Waals surface area contributed by atoms with Gasteiger partial charge < -0.3 is 19.3 Å². The Morgan fingerprint density at radius 1 is 1.45 bits per heavy atom. The quantitative estimate of drug-likeness (QED) is 0.752. The van der Waals surface area contributed by atoms with Gasteiger partial charge in [-0.15, -0.1) is 0 Å². The number of methoxy groups -OCH3 is 1. The molecule has 0 saturated carbocycles. The Balaban J connectivity index is 1.65. The van der Waals surface area contributed by atoms with Crippen LogP contribution < -0.4 is 4.74 Å². The lowest BCUT2D eigenvalue weighted by Gasteiger charge is -2.21. The molecule has 1 aromatic carbocycles. The molecule has 0 radical (unpaired) electrons. The van der Waals surface area contributed by atoms with Crippen molar-refractivity contribution in [3.8, 4) is 5.75 Å². The Bertz CT molecular complexity index is 434. The molecule has 1 saturated heterocycles. The maximum Gasteiger partial charge on any atom is 0.119 e. The fourth-order valence-electron chi connectivity index (χ4n) is 2.67. The molecule has 0 aromatic heterocycles. The second-order valence-electron chi connectivity index (χ2n) is 5.87. The first-order valence-electron chi connectivity index (χ1n) is 7.86. The highest BCUT2D eigenvalue weighted by Gasteiger charge is 2.16. The highest BCUT2D eigenvalue weighted by Crippen LogP contribution is 2.14. The lowest BCUT2D eigenvalue weighted by atomic mass is 10.2. The van der Waals surface area contributed by atoms with Crippen molar-refractivity contribution in [1.29, 1.82) is 0 Å². The van der Waals surface area contributed by atoms with Gasteiger partial charge in [-0.1, -0.05) is 12.1 Å². The molecular weight excluding hydrogens is 282 g/mol. The topological polar surface area (TPSA) is 51.2 Å². The van der Waals surface area contributed by atoms with Crippen LogP contribution in [0.1, 0.15) is 18.4 Å². The van der Waals surface area contributed by atoms with Crippen LogP contribution >= 0.6 is 0 Å². The number of ether oxygens (including phenoxy) is 3. The van der Waals surface area contributed by atoms with Crippen LogP contribution in [-0.4, -0.2) is 62.7 Å². The molecule has 1 N–H and O–H groups in total. The van der Waals surface area contributed by atoms with Crippen molar-refractivity contribution < 1.29 is 19.3 Å². The van der Waals surface area contributed by atoms with E-state index in [1.165, 1.54) is 0 Å². The van der Waals surface area contributed by atoms with Crippen molar-refractivity contribution in [1.82, 2.24) is 4.90 Å². The van der Waals surface area contributed by atoms with Gasteiger partial charge in [0.1, 0.15) is 5.75 Å². The Morgan fingerprint density at radius 2 is 2.32 bits per heavy atom. The number of hydrogen-bond donors (Lipinski definition) is 1. The van der Waals surface area contributed by atoms with E-state index in [1.807, 2.05) is 25.2 Å². The summed E-state index contributed by atoms with van der Waals surface area (Å²) >= 11 is 0. The molecule has 0 aliphatic carbocycles. The molecule has 2 rings (SSSR count). The highest BCUT2D eigenvalue weighted by molar-refractivity contribution is 5.28. The summed E-state index contributed by atoms with van der Waals surface area (Å²) in [7, 11) is 3.65. The second-order valence-corrected chi connectivity index (χ2v) is 5.87. The van der Waals surface area contributed by atoms with Gasteiger partial charge in [0.05, 0.1) is 32.5 Å². The molecule has 22 heavy (non-hydrogen) atoms. The Kier molecular flexibility index (Phi) is 7.12. The summed E-state index contributed by atoms with van der Waals surface area (Å²) in [4.78, 5) is 2.08. The molecule has 5 heteroatoms. The first kappa shape index (κ1) is 17.2. The lowest BCUT2D eigenvalue weighted by Crippen LogP contribution is -2.32. The van der Waals surface area contributed by atoms with Gasteiger partial charge in [-0.2, -0.15) is 0 Å². The molecule has 1 aliphatic heterocycles. The number of rotatable bonds is 9. The fraction of sp³-hybridized carbons (Fsp3) is 0.647. The van der Waals surface area contributed by atoms with Crippen LogP contribution in [-0.2, 0) is 16.0 Å². The lowest BCUT2D eigenvalue weighted by molar-refractivity contribution is -0.0238. The van der Waals surface area contributed by atoms with Crippen LogP contribution in [0.25, 0.3) is 0 Å². The summed E-state index contributed by atoms with van der Waals surface area (Å²) in [5.74, 6) is 0.853. The zero-order valence-electron chi connectivity index (χ0n) is 13.5. The second kappa shape index (κ2) is 9.10. The predicted molar refractivity (Wildman–Crippen MR) is 85.1 cm³/mol. The zero-order valence-corrected chi connectivity index (χ0v) is 13.5. The van der Waals surface area contributed by atoms with Crippen LogP contribution in [0.15, 0.2) is 24.3 Å². The van der Waals surface area contributed by atoms with E-state index in [0.29, 0.717) is 19.8 Å². The minimum Gasteiger partial charge on any atom is -0.497 e. The summed E-state index contributed by atoms with van der Waals surface area (Å²) in [6, 6.07) is 7.97. The van der Waals surface area contributed by atoms with Gasteiger partial charge in [0, 0.05) is 19.7 Å². The molecule has 5 nitrogen and oxygen atoms in total. The summed E-state index contributed by atoms with van der Waals surface area (Å²) in [6.07, 6.45) is 1.89. The summed E-state index contributed by atoms with van der Waals surface area (Å²) in [5.41, 5.74) is 1.16. The standard InChI is InChI=1S/C17H27NO4/c1-18(10-14-5-3-6-16(9-14)20-2)11-15(19)12-21-13-17-7-4-8-22-17/h3,5-6,9,15,17,19H,4,7-8,10-13H2,1-2H3. The van der Waals surface area contributed by atoms with E-state index < -0.39 is 6.10 Å². The van der Waals surface area contributed by atoms with E-state index in [0.717, 1.165) is 37.3 Å². The number of hydrogen-bond acceptors (Lipinski definition) is 5. The van der Waals surface area contributed by atoms with Gasteiger partial charge in [0.15, 0.2) is 0 Å². The van der Waals surface area contributed by atoms with Gasteiger partial charge in [-0.3, -0.25) is 4.90 Å². The highest BCUT2D eigenvalue weighted by atomic mass is 16.5. The average Bonchev–Trinajstić information content (AvgIpc) is 3.00. The van der Waals surface area contributed by atoms with E-state index in [1.54, 1.807) is 7.11 Å². The van der Waals surface area contributed by atoms with Gasteiger partial charge >= 0.3 is 0 Å². The molecule has 1 heterocycles. The third-order valence-electron chi connectivity index (χ3n) is 3.75. The van der Waals surface area contributed by atoms with Crippen LogP contribution in [0, 0.1) is 0 Å². The number of likely N-dealkylation sites (N-methyl/N-ethyl adjacent to an activating group) is 1. The predicted octanol–water partition coefficient (Wildman–Crippen LogP) is 1.68. The SMILES string of the molecule is COc1cccc(CN(C)CC(O)COCC2CCCO2)c1. The first-order valence-corrected chi connectivity index (χ1v) is 7.86. The van der Waals surface area contributed by atoms with Crippen molar-refractivity contribution in [2.24, 2.45) is 0 Å². The minimum absolute atomic E-state index is 0.210. The zero-order chi connectivity index (χ0) is 15.8. The molecular formula is C17H27NO4. The largest absolute Gasteiger partial charge is 0.497 e. The maximum absolute atomic E-state index is 10.0. The molecule has 1 fully saturated rings. The van der Waals surface area contributed by atoms with Crippen LogP contribution in [0.4, 0.5) is 0 Å². The van der Waals surface area contributed by atoms with E-state index in [4.69, 9.17) is 14.2 Å². The summed E-state index contributed by atoms with van der Waals surface area (Å²) in [6.45, 7) is 3.10. The fourth-order valence-corrected chi connectivity index (χ4v) is 2.67. The molecule has 2 unspecified atom stereocenters. The van der Waals surface area contributed by atoms with Crippen LogP contribution in [0.3, 0.4) is 0 Å². The summed E-state index contributed by atoms with van der Waals surface area (Å²) < 4.78 is 16.3. The smallest absolute Gasteiger partial charge is 0.119 e. The van der Waals surface area contributed by atoms with Crippen LogP contribution in [0.5, 0.6) is 5.75 Å². The van der Waals surface area contributed by atoms with Crippen molar-refractivity contribution in [3.63, 3.8) is 0 Å². The monoisotopic (exact) mass is 309 g/mol. The van der Waals surface area contributed by atoms with E-state index in [-0.39, 0.29) is 6.10 Å². The third kappa shape index (κ3) is 5.93. The van der Waals surface area contributed by atoms with Gasteiger partial charge in [-0.05, 0) is 37.6 Å². The molecule has 0 bridgehead atoms. The Morgan fingerprint density at radius 3 is 3.05 bits per heavy atom. The van der Waals surface area contributed by atoms with Crippen molar-refractivity contribution in [2.45, 2.75) is 31.6 Å². The van der Waals surface area contributed by atoms with Crippen molar-refractivity contribution in [2.75, 3.05) is 40.5 Å². The molecule has 124 valence electrons. The Hall–Kier alpha value is -1.14. The van der Waals surface area contributed by atoms with E-state index in [2.05, 4.69) is 11.0 Å². The minimum atomic E-state index is -0.489. The molecule has 0 amide bonds. The van der Waals surface area contributed by atoms with Crippen molar-refractivity contribution >= 4 is 0 Å².